The molecular formula is C36H49N6O9+. The number of esters is 2. The Bertz CT molecular complexity index is 1650. The molecule has 2 amide bonds. The highest BCUT2D eigenvalue weighted by Crippen LogP contribution is 2.41. The number of aromatic nitrogens is 1. The summed E-state index contributed by atoms with van der Waals surface area (Å²) in [5.74, 6) is -2.32. The van der Waals surface area contributed by atoms with E-state index in [4.69, 9.17) is 24.7 Å². The molecule has 15 nitrogen and oxygen atoms in total. The van der Waals surface area contributed by atoms with Crippen LogP contribution in [0, 0.1) is 22.7 Å². The highest BCUT2D eigenvalue weighted by molar-refractivity contribution is 5.99. The van der Waals surface area contributed by atoms with E-state index in [-0.39, 0.29) is 29.6 Å². The van der Waals surface area contributed by atoms with Crippen LogP contribution in [0.2, 0.25) is 0 Å². The van der Waals surface area contributed by atoms with E-state index in [1.807, 2.05) is 13.0 Å². The minimum atomic E-state index is -2.19. The summed E-state index contributed by atoms with van der Waals surface area (Å²) in [7, 11) is 0. The maximum atomic E-state index is 13.8. The van der Waals surface area contributed by atoms with Gasteiger partial charge in [-0.25, -0.2) is 14.6 Å². The molecule has 0 saturated carbocycles. The van der Waals surface area contributed by atoms with Gasteiger partial charge in [-0.2, -0.15) is 5.26 Å². The van der Waals surface area contributed by atoms with Crippen LogP contribution in [-0.4, -0.2) is 82.8 Å². The highest BCUT2D eigenvalue weighted by atomic mass is 16.6. The zero-order valence-corrected chi connectivity index (χ0v) is 30.3. The SMILES string of the molecule is CC[C@@H](C)C(=O)N=C([NH+]=CN)c1ccc([C@]2(C#N)O[C@H](COC(=O)Cc3ccccc3)[C@@H](OC(=O)[C@@H](NC(=O)OC(C)(C)C)C(C)(C)C)[C@H]2O)[nH]1. The first-order valence-corrected chi connectivity index (χ1v) is 16.6. The third-order valence-corrected chi connectivity index (χ3v) is 8.03. The molecule has 15 heteroatoms. The molecule has 6 atom stereocenters. The van der Waals surface area contributed by atoms with E-state index in [1.54, 1.807) is 78.8 Å². The normalized spacial score (nSPS) is 22.1. The molecule has 3 rings (SSSR count). The number of nitrogens with zero attached hydrogens (tertiary/aromatic N) is 2. The van der Waals surface area contributed by atoms with Crippen LogP contribution >= 0.6 is 0 Å². The number of aromatic amines is 1. The predicted octanol–water partition coefficient (Wildman–Crippen LogP) is 1.52. The summed E-state index contributed by atoms with van der Waals surface area (Å²) in [5, 5.41) is 24.9. The molecule has 1 aliphatic heterocycles. The predicted molar refractivity (Wildman–Crippen MR) is 185 cm³/mol. The number of benzene rings is 1. The molecule has 2 aromatic rings. The van der Waals surface area contributed by atoms with Gasteiger partial charge in [0.1, 0.15) is 42.2 Å². The minimum absolute atomic E-state index is 0.0217. The average Bonchev–Trinajstić information content (AvgIpc) is 3.65. The van der Waals surface area contributed by atoms with E-state index >= 15 is 0 Å². The maximum absolute atomic E-state index is 13.8. The fraction of sp³-hybridized carbons (Fsp3) is 0.528. The van der Waals surface area contributed by atoms with Crippen molar-refractivity contribution in [3.8, 4) is 6.07 Å². The van der Waals surface area contributed by atoms with Crippen LogP contribution in [0.4, 0.5) is 4.79 Å². The van der Waals surface area contributed by atoms with Gasteiger partial charge in [0.05, 0.1) is 18.0 Å². The van der Waals surface area contributed by atoms with Gasteiger partial charge in [-0.1, -0.05) is 69.9 Å². The van der Waals surface area contributed by atoms with Crippen molar-refractivity contribution in [3.63, 3.8) is 0 Å². The fourth-order valence-corrected chi connectivity index (χ4v) is 5.09. The third-order valence-electron chi connectivity index (χ3n) is 8.03. The lowest BCUT2D eigenvalue weighted by molar-refractivity contribution is -0.309. The lowest BCUT2D eigenvalue weighted by Crippen LogP contribution is -2.76. The number of alkyl carbamates (subject to hydrolysis) is 1. The molecular weight excluding hydrogens is 660 g/mol. The lowest BCUT2D eigenvalue weighted by atomic mass is 9.86. The van der Waals surface area contributed by atoms with Crippen LogP contribution in [0.25, 0.3) is 0 Å². The number of amidine groups is 1. The number of hydrogen-bond donors (Lipinski definition) is 5. The second-order valence-corrected chi connectivity index (χ2v) is 14.3. The van der Waals surface area contributed by atoms with Gasteiger partial charge in [-0.3, -0.25) is 9.59 Å². The second-order valence-electron chi connectivity index (χ2n) is 14.3. The summed E-state index contributed by atoms with van der Waals surface area (Å²) in [4.78, 5) is 61.7. The smallest absolute Gasteiger partial charge is 0.408 e. The third kappa shape index (κ3) is 10.5. The van der Waals surface area contributed by atoms with Crippen molar-refractivity contribution in [1.82, 2.24) is 10.3 Å². The molecule has 0 aliphatic carbocycles. The monoisotopic (exact) mass is 709 g/mol. The Hall–Kier alpha value is -5.07. The van der Waals surface area contributed by atoms with Gasteiger partial charge in [0.25, 0.3) is 5.84 Å². The Morgan fingerprint density at radius 2 is 1.82 bits per heavy atom. The summed E-state index contributed by atoms with van der Waals surface area (Å²) >= 11 is 0. The first kappa shape index (κ1) is 40.4. The molecule has 1 aromatic carbocycles. The van der Waals surface area contributed by atoms with Crippen LogP contribution in [0.15, 0.2) is 47.5 Å². The summed E-state index contributed by atoms with van der Waals surface area (Å²) in [5.41, 5.74) is 2.58. The van der Waals surface area contributed by atoms with Crippen molar-refractivity contribution in [2.45, 2.75) is 104 Å². The summed E-state index contributed by atoms with van der Waals surface area (Å²) in [6.07, 6.45) is -4.05. The Kier molecular flexibility index (Phi) is 13.3. The number of amides is 2. The molecule has 276 valence electrons. The maximum Gasteiger partial charge on any atom is 0.408 e. The number of hydrogen-bond acceptors (Lipinski definition) is 10. The number of aliphatic hydroxyl groups excluding tert-OH is 1. The highest BCUT2D eigenvalue weighted by Gasteiger charge is 2.60. The number of H-pyrrole nitrogens is 1. The molecule has 51 heavy (non-hydrogen) atoms. The van der Waals surface area contributed by atoms with Gasteiger partial charge in [0.2, 0.25) is 5.60 Å². The fourth-order valence-electron chi connectivity index (χ4n) is 5.09. The van der Waals surface area contributed by atoms with Crippen LogP contribution in [0.3, 0.4) is 0 Å². The molecule has 1 fully saturated rings. The van der Waals surface area contributed by atoms with Crippen LogP contribution in [0.1, 0.15) is 78.8 Å². The van der Waals surface area contributed by atoms with Gasteiger partial charge in [0, 0.05) is 0 Å². The zero-order chi connectivity index (χ0) is 38.1. The zero-order valence-electron chi connectivity index (χ0n) is 30.3. The molecule has 1 aliphatic rings. The number of nitriles is 1. The molecule has 2 heterocycles. The Balaban J connectivity index is 1.99. The quantitative estimate of drug-likeness (QED) is 0.0972. The minimum Gasteiger partial charge on any atom is -0.463 e. The molecule has 6 N–H and O–H groups in total. The van der Waals surface area contributed by atoms with Crippen molar-refractivity contribution in [2.75, 3.05) is 6.61 Å². The van der Waals surface area contributed by atoms with E-state index in [2.05, 4.69) is 20.3 Å². The van der Waals surface area contributed by atoms with Crippen LogP contribution in [-0.2, 0) is 45.4 Å². The summed E-state index contributed by atoms with van der Waals surface area (Å²) in [6.45, 7) is 13.2. The number of nitrogens with two attached hydrogens (primary N) is 1. The number of carbonyl (C=O) groups excluding carboxylic acids is 4. The summed E-state index contributed by atoms with van der Waals surface area (Å²) < 4.78 is 22.8. The van der Waals surface area contributed by atoms with E-state index in [0.717, 1.165) is 6.34 Å². The topological polar surface area (TPSA) is 229 Å². The molecule has 1 saturated heterocycles. The molecule has 0 unspecified atom stereocenters. The molecule has 0 bridgehead atoms. The van der Waals surface area contributed by atoms with Crippen molar-refractivity contribution in [2.24, 2.45) is 22.1 Å². The van der Waals surface area contributed by atoms with Gasteiger partial charge in [-0.15, -0.1) is 0 Å². The van der Waals surface area contributed by atoms with E-state index < -0.39 is 71.5 Å². The van der Waals surface area contributed by atoms with E-state index in [1.165, 1.54) is 12.1 Å². The van der Waals surface area contributed by atoms with Gasteiger partial charge in [0.15, 0.2) is 12.4 Å². The number of ether oxygens (including phenoxy) is 4. The standard InChI is InChI=1S/C36H48N6O9/c1-9-21(2)31(45)42-30(39-20-38)23-15-16-25(40-23)36(19-37)29(44)27(24(50-36)18-48-26(43)17-22-13-11-10-12-14-22)49-32(46)28(34(3,4)5)41-33(47)51-35(6,7)8/h10-16,20-21,24,27-29,40,44H,9,17-18H2,1-8H3,(H,41,47)(H2,38,39,42,45)/p+1/t21-,24-,27-,28-,29-,36+/m1/s1. The average molecular weight is 710 g/mol. The number of carbonyl (C=O) groups is 4. The lowest BCUT2D eigenvalue weighted by Gasteiger charge is -2.32. The second kappa shape index (κ2) is 16.8. The van der Waals surface area contributed by atoms with Gasteiger partial charge >= 0.3 is 23.9 Å². The molecule has 0 spiro atoms. The number of aliphatic hydroxyl groups is 1. The first-order valence-electron chi connectivity index (χ1n) is 16.6. The largest absolute Gasteiger partial charge is 0.463 e. The first-order chi connectivity index (χ1) is 23.8. The van der Waals surface area contributed by atoms with Crippen molar-refractivity contribution >= 4 is 36.1 Å². The van der Waals surface area contributed by atoms with Crippen LogP contribution < -0.4 is 16.0 Å². The molecule has 1 aromatic heterocycles. The Labute approximate surface area is 297 Å². The van der Waals surface area contributed by atoms with Crippen LogP contribution in [0.5, 0.6) is 0 Å². The van der Waals surface area contributed by atoms with Crippen molar-refractivity contribution in [3.05, 3.63) is 59.4 Å². The Morgan fingerprint density at radius 1 is 1.16 bits per heavy atom. The molecule has 0 radical (unpaired) electrons. The number of rotatable bonds is 11. The van der Waals surface area contributed by atoms with Crippen molar-refractivity contribution in [1.29, 1.82) is 5.26 Å². The van der Waals surface area contributed by atoms with E-state index in [0.29, 0.717) is 12.0 Å². The summed E-state index contributed by atoms with van der Waals surface area (Å²) in [6, 6.07) is 12.5. The van der Waals surface area contributed by atoms with Crippen molar-refractivity contribution < 1.29 is 48.2 Å². The number of nitrogens with one attached hydrogen (secondary N) is 3. The number of aliphatic imine (C=N–C) groups is 1. The van der Waals surface area contributed by atoms with Gasteiger partial charge < -0.3 is 40.1 Å². The van der Waals surface area contributed by atoms with E-state index in [9.17, 15) is 29.5 Å². The van der Waals surface area contributed by atoms with Gasteiger partial charge in [-0.05, 0) is 50.3 Å². The Morgan fingerprint density at radius 3 is 2.39 bits per heavy atom.